The first-order valence-electron chi connectivity index (χ1n) is 6.68. The smallest absolute Gasteiger partial charge is 0.220 e. The summed E-state index contributed by atoms with van der Waals surface area (Å²) in [6.07, 6.45) is 0.465. The van der Waals surface area contributed by atoms with Gasteiger partial charge in [-0.25, -0.2) is 0 Å². The molecule has 21 heavy (non-hydrogen) atoms. The number of nitrogens with one attached hydrogen (secondary N) is 1. The normalized spacial score (nSPS) is 11.9. The second-order valence-electron chi connectivity index (χ2n) is 4.74. The molecule has 1 heterocycles. The summed E-state index contributed by atoms with van der Waals surface area (Å²) < 4.78 is 0.981. The molecule has 1 unspecified atom stereocenters. The number of rotatable bonds is 6. The number of carbonyl (C=O) groups excluding carboxylic acids is 2. The molecular weight excluding hydrogens is 350 g/mol. The topological polar surface area (TPSA) is 46.2 Å². The van der Waals surface area contributed by atoms with Crippen LogP contribution < -0.4 is 5.32 Å². The lowest BCUT2D eigenvalue weighted by atomic mass is 10.1. The van der Waals surface area contributed by atoms with Crippen LogP contribution in [-0.2, 0) is 4.79 Å². The molecule has 5 heteroatoms. The highest BCUT2D eigenvalue weighted by atomic mass is 79.9. The van der Waals surface area contributed by atoms with Gasteiger partial charge in [0.2, 0.25) is 5.91 Å². The first-order valence-corrected chi connectivity index (χ1v) is 8.35. The van der Waals surface area contributed by atoms with Gasteiger partial charge in [-0.1, -0.05) is 34.1 Å². The number of hydrogen-bond donors (Lipinski definition) is 1. The lowest BCUT2D eigenvalue weighted by Crippen LogP contribution is -2.26. The maximum Gasteiger partial charge on any atom is 0.220 e. The quantitative estimate of drug-likeness (QED) is 0.773. The molecular formula is C16H16BrNO2S. The molecule has 1 aromatic heterocycles. The van der Waals surface area contributed by atoms with Gasteiger partial charge in [0.05, 0.1) is 10.9 Å². The molecule has 0 fully saturated rings. The molecule has 2 aromatic rings. The molecule has 1 N–H and O–H groups in total. The maximum absolute atomic E-state index is 11.9. The van der Waals surface area contributed by atoms with E-state index in [0.717, 1.165) is 10.0 Å². The average Bonchev–Trinajstić information content (AvgIpc) is 2.99. The number of benzene rings is 1. The summed E-state index contributed by atoms with van der Waals surface area (Å²) in [5.41, 5.74) is 1.03. The van der Waals surface area contributed by atoms with Gasteiger partial charge in [-0.2, -0.15) is 0 Å². The minimum Gasteiger partial charge on any atom is -0.350 e. The fourth-order valence-electron chi connectivity index (χ4n) is 1.96. The Balaban J connectivity index is 1.83. The molecule has 0 aliphatic carbocycles. The molecule has 0 saturated carbocycles. The molecule has 1 amide bonds. The van der Waals surface area contributed by atoms with E-state index in [2.05, 4.69) is 21.2 Å². The van der Waals surface area contributed by atoms with Crippen LogP contribution in [0.5, 0.6) is 0 Å². The average molecular weight is 366 g/mol. The fourth-order valence-corrected chi connectivity index (χ4v) is 3.07. The predicted octanol–water partition coefficient (Wildman–Crippen LogP) is 4.35. The van der Waals surface area contributed by atoms with Crippen molar-refractivity contribution in [3.8, 4) is 0 Å². The summed E-state index contributed by atoms with van der Waals surface area (Å²) in [5.74, 6) is -0.0809. The van der Waals surface area contributed by atoms with Crippen molar-refractivity contribution in [1.82, 2.24) is 5.32 Å². The van der Waals surface area contributed by atoms with Crippen molar-refractivity contribution in [1.29, 1.82) is 0 Å². The van der Waals surface area contributed by atoms with E-state index >= 15 is 0 Å². The second kappa shape index (κ2) is 7.52. The van der Waals surface area contributed by atoms with Gasteiger partial charge in [-0.3, -0.25) is 9.59 Å². The number of ketones is 1. The van der Waals surface area contributed by atoms with Crippen LogP contribution in [0, 0.1) is 0 Å². The first kappa shape index (κ1) is 15.9. The number of thiophene rings is 1. The highest BCUT2D eigenvalue weighted by Gasteiger charge is 2.13. The summed E-state index contributed by atoms with van der Waals surface area (Å²) in [6, 6.07) is 11.4. The van der Waals surface area contributed by atoms with E-state index in [4.69, 9.17) is 0 Å². The van der Waals surface area contributed by atoms with Crippen LogP contribution in [0.15, 0.2) is 46.3 Å². The van der Waals surface area contributed by atoms with E-state index in [0.29, 0.717) is 4.88 Å². The zero-order valence-electron chi connectivity index (χ0n) is 11.6. The molecule has 0 aliphatic rings. The van der Waals surface area contributed by atoms with Crippen LogP contribution in [0.3, 0.4) is 0 Å². The predicted molar refractivity (Wildman–Crippen MR) is 88.6 cm³/mol. The van der Waals surface area contributed by atoms with Gasteiger partial charge in [0.25, 0.3) is 0 Å². The molecule has 110 valence electrons. The zero-order chi connectivity index (χ0) is 15.2. The SMILES string of the molecule is CC(NC(=O)CCC(=O)c1cccs1)c1cccc(Br)c1. The third-order valence-corrected chi connectivity index (χ3v) is 4.51. The van der Waals surface area contributed by atoms with Crippen molar-refractivity contribution in [2.75, 3.05) is 0 Å². The first-order chi connectivity index (χ1) is 10.1. The molecule has 0 radical (unpaired) electrons. The van der Waals surface area contributed by atoms with Crippen LogP contribution >= 0.6 is 27.3 Å². The minimum atomic E-state index is -0.104. The summed E-state index contributed by atoms with van der Waals surface area (Å²) in [5, 5.41) is 4.78. The molecule has 1 atom stereocenters. The van der Waals surface area contributed by atoms with E-state index < -0.39 is 0 Å². The third kappa shape index (κ3) is 4.79. The Labute approximate surface area is 136 Å². The summed E-state index contributed by atoms with van der Waals surface area (Å²) >= 11 is 4.82. The number of hydrogen-bond acceptors (Lipinski definition) is 3. The Morgan fingerprint density at radius 2 is 2.05 bits per heavy atom. The third-order valence-electron chi connectivity index (χ3n) is 3.10. The number of halogens is 1. The number of Topliss-reactive ketones (excluding diaryl/α,β-unsaturated/α-hetero) is 1. The maximum atomic E-state index is 11.9. The molecule has 1 aromatic carbocycles. The number of carbonyl (C=O) groups is 2. The van der Waals surface area contributed by atoms with Crippen LogP contribution in [-0.4, -0.2) is 11.7 Å². The zero-order valence-corrected chi connectivity index (χ0v) is 14.0. The van der Waals surface area contributed by atoms with Crippen molar-refractivity contribution in [2.24, 2.45) is 0 Å². The standard InChI is InChI=1S/C16H16BrNO2S/c1-11(12-4-2-5-13(17)10-12)18-16(20)8-7-14(19)15-6-3-9-21-15/h2-6,9-11H,7-8H2,1H3,(H,18,20). The van der Waals surface area contributed by atoms with Crippen LogP contribution in [0.25, 0.3) is 0 Å². The monoisotopic (exact) mass is 365 g/mol. The van der Waals surface area contributed by atoms with Gasteiger partial charge in [-0.15, -0.1) is 11.3 Å². The molecule has 0 bridgehead atoms. The molecule has 3 nitrogen and oxygen atoms in total. The fraction of sp³-hybridized carbons (Fsp3) is 0.250. The molecule has 0 spiro atoms. The molecule has 0 saturated heterocycles. The van der Waals surface area contributed by atoms with Crippen molar-refractivity contribution in [3.63, 3.8) is 0 Å². The largest absolute Gasteiger partial charge is 0.350 e. The van der Waals surface area contributed by atoms with Gasteiger partial charge >= 0.3 is 0 Å². The van der Waals surface area contributed by atoms with E-state index in [1.807, 2.05) is 42.6 Å². The minimum absolute atomic E-state index is 0.0234. The Bertz CT molecular complexity index is 625. The van der Waals surface area contributed by atoms with Gasteiger partial charge in [0.15, 0.2) is 5.78 Å². The van der Waals surface area contributed by atoms with Crippen molar-refractivity contribution < 1.29 is 9.59 Å². The van der Waals surface area contributed by atoms with Crippen LogP contribution in [0.4, 0.5) is 0 Å². The van der Waals surface area contributed by atoms with Gasteiger partial charge in [-0.05, 0) is 36.1 Å². The van der Waals surface area contributed by atoms with Crippen molar-refractivity contribution in [3.05, 3.63) is 56.7 Å². The lowest BCUT2D eigenvalue weighted by molar-refractivity contribution is -0.121. The lowest BCUT2D eigenvalue weighted by Gasteiger charge is -2.14. The Hall–Kier alpha value is -1.46. The summed E-state index contributed by atoms with van der Waals surface area (Å²) in [6.45, 7) is 1.93. The molecule has 2 rings (SSSR count). The van der Waals surface area contributed by atoms with Crippen molar-refractivity contribution >= 4 is 39.0 Å². The highest BCUT2D eigenvalue weighted by Crippen LogP contribution is 2.18. The summed E-state index contributed by atoms with van der Waals surface area (Å²) in [7, 11) is 0. The number of amides is 1. The van der Waals surface area contributed by atoms with E-state index in [-0.39, 0.29) is 30.6 Å². The van der Waals surface area contributed by atoms with Crippen LogP contribution in [0.2, 0.25) is 0 Å². The molecule has 0 aliphatic heterocycles. The van der Waals surface area contributed by atoms with Crippen LogP contribution in [0.1, 0.15) is 41.0 Å². The Morgan fingerprint density at radius 3 is 2.71 bits per heavy atom. The van der Waals surface area contributed by atoms with E-state index in [1.54, 1.807) is 6.07 Å². The van der Waals surface area contributed by atoms with Crippen molar-refractivity contribution in [2.45, 2.75) is 25.8 Å². The van der Waals surface area contributed by atoms with E-state index in [1.165, 1.54) is 11.3 Å². The second-order valence-corrected chi connectivity index (χ2v) is 6.61. The summed E-state index contributed by atoms with van der Waals surface area (Å²) in [4.78, 5) is 24.5. The highest BCUT2D eigenvalue weighted by molar-refractivity contribution is 9.10. The Morgan fingerprint density at radius 1 is 1.24 bits per heavy atom. The van der Waals surface area contributed by atoms with Gasteiger partial charge < -0.3 is 5.32 Å². The van der Waals surface area contributed by atoms with E-state index in [9.17, 15) is 9.59 Å². The van der Waals surface area contributed by atoms with Gasteiger partial charge in [0.1, 0.15) is 0 Å². The van der Waals surface area contributed by atoms with Gasteiger partial charge in [0, 0.05) is 17.3 Å². The Kier molecular flexibility index (Phi) is 5.70.